The molecule has 0 saturated carbocycles. The van der Waals surface area contributed by atoms with Gasteiger partial charge < -0.3 is 14.2 Å². The summed E-state index contributed by atoms with van der Waals surface area (Å²) < 4.78 is 18.1. The highest BCUT2D eigenvalue weighted by molar-refractivity contribution is 6.20. The lowest BCUT2D eigenvalue weighted by Gasteiger charge is -2.06. The average Bonchev–Trinajstić information content (AvgIpc) is 2.94. The first kappa shape index (κ1) is 18.4. The van der Waals surface area contributed by atoms with Gasteiger partial charge in [-0.2, -0.15) is 5.10 Å². The molecule has 0 N–H and O–H groups in total. The van der Waals surface area contributed by atoms with Crippen molar-refractivity contribution in [3.8, 4) is 0 Å². The van der Waals surface area contributed by atoms with E-state index in [9.17, 15) is 0 Å². The minimum absolute atomic E-state index is 0.00684. The molecular formula is C15H27ClN2O3. The summed E-state index contributed by atoms with van der Waals surface area (Å²) in [5.74, 6) is 0. The zero-order valence-corrected chi connectivity index (χ0v) is 13.8. The maximum absolute atomic E-state index is 5.98. The predicted molar refractivity (Wildman–Crippen MR) is 83.9 cm³/mol. The van der Waals surface area contributed by atoms with Gasteiger partial charge in [-0.3, -0.25) is 4.68 Å². The Morgan fingerprint density at radius 2 is 1.71 bits per heavy atom. The quantitative estimate of drug-likeness (QED) is 0.414. The van der Waals surface area contributed by atoms with Gasteiger partial charge in [-0.15, -0.1) is 11.6 Å². The second-order valence-electron chi connectivity index (χ2n) is 4.84. The fourth-order valence-corrected chi connectivity index (χ4v) is 1.77. The van der Waals surface area contributed by atoms with Gasteiger partial charge in [0.1, 0.15) is 0 Å². The van der Waals surface area contributed by atoms with Gasteiger partial charge in [0, 0.05) is 18.4 Å². The Morgan fingerprint density at radius 1 is 1.10 bits per heavy atom. The molecule has 21 heavy (non-hydrogen) atoms. The van der Waals surface area contributed by atoms with Crippen LogP contribution in [0.2, 0.25) is 0 Å². The smallest absolute Gasteiger partial charge is 0.0701 e. The molecule has 0 aliphatic carbocycles. The van der Waals surface area contributed by atoms with Crippen molar-refractivity contribution < 1.29 is 14.2 Å². The van der Waals surface area contributed by atoms with E-state index in [0.717, 1.165) is 31.6 Å². The Hall–Kier alpha value is -0.620. The molecule has 0 saturated heterocycles. The molecule has 1 rings (SSSR count). The van der Waals surface area contributed by atoms with Crippen LogP contribution in [0.25, 0.3) is 0 Å². The Balaban J connectivity index is 1.88. The lowest BCUT2D eigenvalue weighted by atomic mass is 10.3. The van der Waals surface area contributed by atoms with E-state index in [1.54, 1.807) is 6.20 Å². The molecule has 122 valence electrons. The van der Waals surface area contributed by atoms with Crippen molar-refractivity contribution in [2.24, 2.45) is 0 Å². The zero-order chi connectivity index (χ0) is 15.3. The number of nitrogens with zero attached hydrogens (tertiary/aromatic N) is 2. The summed E-state index contributed by atoms with van der Waals surface area (Å²) >= 11 is 5.98. The van der Waals surface area contributed by atoms with E-state index >= 15 is 0 Å². The Kier molecular flexibility index (Phi) is 10.5. The molecule has 5 nitrogen and oxygen atoms in total. The topological polar surface area (TPSA) is 45.5 Å². The predicted octanol–water partition coefficient (Wildman–Crippen LogP) is 3.03. The van der Waals surface area contributed by atoms with Crippen LogP contribution in [-0.4, -0.2) is 49.4 Å². The van der Waals surface area contributed by atoms with E-state index in [2.05, 4.69) is 12.0 Å². The van der Waals surface area contributed by atoms with Gasteiger partial charge >= 0.3 is 0 Å². The molecule has 0 aliphatic rings. The second-order valence-corrected chi connectivity index (χ2v) is 5.50. The molecule has 0 amide bonds. The van der Waals surface area contributed by atoms with Crippen LogP contribution in [0.1, 0.15) is 37.6 Å². The fraction of sp³-hybridized carbons (Fsp3) is 0.800. The molecular weight excluding hydrogens is 292 g/mol. The Bertz CT molecular complexity index is 358. The number of aromatic nitrogens is 2. The van der Waals surface area contributed by atoms with Crippen LogP contribution < -0.4 is 0 Å². The van der Waals surface area contributed by atoms with Crippen molar-refractivity contribution >= 4 is 11.6 Å². The SMILES string of the molecule is CCCCOCCOCCOCCn1cc(C(C)Cl)cn1. The summed E-state index contributed by atoms with van der Waals surface area (Å²) in [6.07, 6.45) is 6.02. The molecule has 0 radical (unpaired) electrons. The number of halogens is 1. The summed E-state index contributed by atoms with van der Waals surface area (Å²) in [4.78, 5) is 0. The van der Waals surface area contributed by atoms with E-state index in [0.29, 0.717) is 33.0 Å². The maximum Gasteiger partial charge on any atom is 0.0701 e. The minimum atomic E-state index is -0.00684. The summed E-state index contributed by atoms with van der Waals surface area (Å²) in [6.45, 7) is 8.73. The molecule has 6 heteroatoms. The van der Waals surface area contributed by atoms with E-state index < -0.39 is 0 Å². The molecule has 1 unspecified atom stereocenters. The number of ether oxygens (including phenoxy) is 3. The van der Waals surface area contributed by atoms with Gasteiger partial charge in [0.2, 0.25) is 0 Å². The summed E-state index contributed by atoms with van der Waals surface area (Å²) in [5, 5.41) is 4.22. The zero-order valence-electron chi connectivity index (χ0n) is 13.1. The lowest BCUT2D eigenvalue weighted by Crippen LogP contribution is -2.12. The monoisotopic (exact) mass is 318 g/mol. The Labute approximate surface area is 132 Å². The van der Waals surface area contributed by atoms with Crippen LogP contribution in [0.15, 0.2) is 12.4 Å². The summed E-state index contributed by atoms with van der Waals surface area (Å²) in [7, 11) is 0. The van der Waals surface area contributed by atoms with Crippen molar-refractivity contribution in [1.82, 2.24) is 9.78 Å². The van der Waals surface area contributed by atoms with E-state index in [1.807, 2.05) is 17.8 Å². The normalized spacial score (nSPS) is 12.7. The van der Waals surface area contributed by atoms with Crippen molar-refractivity contribution in [2.75, 3.05) is 39.6 Å². The molecule has 1 aromatic rings. The number of hydrogen-bond acceptors (Lipinski definition) is 4. The highest BCUT2D eigenvalue weighted by atomic mass is 35.5. The lowest BCUT2D eigenvalue weighted by molar-refractivity contribution is 0.0123. The van der Waals surface area contributed by atoms with E-state index in [4.69, 9.17) is 25.8 Å². The average molecular weight is 319 g/mol. The number of unbranched alkanes of at least 4 members (excludes halogenated alkanes) is 1. The van der Waals surface area contributed by atoms with Crippen molar-refractivity contribution in [1.29, 1.82) is 0 Å². The largest absolute Gasteiger partial charge is 0.379 e. The van der Waals surface area contributed by atoms with Crippen LogP contribution in [0, 0.1) is 0 Å². The third kappa shape index (κ3) is 9.09. The summed E-state index contributed by atoms with van der Waals surface area (Å²) in [5.41, 5.74) is 1.03. The highest BCUT2D eigenvalue weighted by Crippen LogP contribution is 2.17. The maximum atomic E-state index is 5.98. The first-order valence-corrected chi connectivity index (χ1v) is 8.07. The van der Waals surface area contributed by atoms with Gasteiger partial charge in [-0.25, -0.2) is 0 Å². The van der Waals surface area contributed by atoms with Gasteiger partial charge in [-0.05, 0) is 13.3 Å². The molecule has 1 atom stereocenters. The molecule has 0 aliphatic heterocycles. The number of rotatable bonds is 13. The number of alkyl halides is 1. The van der Waals surface area contributed by atoms with Crippen LogP contribution in [-0.2, 0) is 20.8 Å². The molecule has 0 spiro atoms. The van der Waals surface area contributed by atoms with Crippen LogP contribution in [0.5, 0.6) is 0 Å². The van der Waals surface area contributed by atoms with Crippen molar-refractivity contribution in [3.63, 3.8) is 0 Å². The van der Waals surface area contributed by atoms with Crippen molar-refractivity contribution in [2.45, 2.75) is 38.6 Å². The van der Waals surface area contributed by atoms with E-state index in [1.165, 1.54) is 0 Å². The van der Waals surface area contributed by atoms with Crippen LogP contribution in [0.4, 0.5) is 0 Å². The molecule has 0 fully saturated rings. The van der Waals surface area contributed by atoms with Crippen LogP contribution in [0.3, 0.4) is 0 Å². The number of hydrogen-bond donors (Lipinski definition) is 0. The van der Waals surface area contributed by atoms with Gasteiger partial charge in [0.05, 0.1) is 51.2 Å². The van der Waals surface area contributed by atoms with Crippen molar-refractivity contribution in [3.05, 3.63) is 18.0 Å². The van der Waals surface area contributed by atoms with E-state index in [-0.39, 0.29) is 5.38 Å². The van der Waals surface area contributed by atoms with Crippen LogP contribution >= 0.6 is 11.6 Å². The highest BCUT2D eigenvalue weighted by Gasteiger charge is 2.03. The first-order chi connectivity index (χ1) is 10.2. The van der Waals surface area contributed by atoms with Gasteiger partial charge in [0.15, 0.2) is 0 Å². The Morgan fingerprint density at radius 3 is 2.29 bits per heavy atom. The third-order valence-electron chi connectivity index (χ3n) is 2.96. The summed E-state index contributed by atoms with van der Waals surface area (Å²) in [6, 6.07) is 0. The molecule has 1 heterocycles. The first-order valence-electron chi connectivity index (χ1n) is 7.63. The second kappa shape index (κ2) is 12.0. The molecule has 0 aromatic carbocycles. The molecule has 1 aromatic heterocycles. The fourth-order valence-electron chi connectivity index (χ4n) is 1.65. The standard InChI is InChI=1S/C15H27ClN2O3/c1-3-4-6-19-8-10-21-11-9-20-7-5-18-13-15(12-17-18)14(2)16/h12-14H,3-11H2,1-2H3. The minimum Gasteiger partial charge on any atom is -0.379 e. The van der Waals surface area contributed by atoms with Gasteiger partial charge in [0.25, 0.3) is 0 Å². The third-order valence-corrected chi connectivity index (χ3v) is 3.22. The van der Waals surface area contributed by atoms with Gasteiger partial charge in [-0.1, -0.05) is 13.3 Å². The molecule has 0 bridgehead atoms.